The van der Waals surface area contributed by atoms with Crippen molar-refractivity contribution in [2.24, 2.45) is 0 Å². The molecule has 1 N–H and O–H groups in total. The molecule has 0 unspecified atom stereocenters. The maximum atomic E-state index is 12.3. The molecule has 2 aromatic heterocycles. The molecule has 7 nitrogen and oxygen atoms in total. The molecule has 0 saturated carbocycles. The van der Waals surface area contributed by atoms with Gasteiger partial charge in [0.2, 0.25) is 11.8 Å². The zero-order valence-electron chi connectivity index (χ0n) is 15.9. The summed E-state index contributed by atoms with van der Waals surface area (Å²) in [5, 5.41) is 12.2. The first-order valence-corrected chi connectivity index (χ1v) is 9.56. The maximum Gasteiger partial charge on any atom is 0.227 e. The highest BCUT2D eigenvalue weighted by atomic mass is 35.5. The Morgan fingerprint density at radius 2 is 2.04 bits per heavy atom. The number of anilines is 1. The summed E-state index contributed by atoms with van der Waals surface area (Å²) in [5.41, 5.74) is 0.658. The van der Waals surface area contributed by atoms with Gasteiger partial charge < -0.3 is 9.84 Å². The Balaban J connectivity index is 1.59. The fraction of sp³-hybridized carbons (Fsp3) is 0.368. The highest BCUT2D eigenvalue weighted by Gasteiger charge is 2.21. The lowest BCUT2D eigenvalue weighted by molar-refractivity contribution is -0.116. The number of benzene rings is 1. The Bertz CT molecular complexity index is 975. The van der Waals surface area contributed by atoms with Crippen molar-refractivity contribution in [3.63, 3.8) is 0 Å². The molecule has 0 bridgehead atoms. The van der Waals surface area contributed by atoms with E-state index in [0.717, 1.165) is 5.56 Å². The number of amides is 1. The van der Waals surface area contributed by atoms with E-state index in [1.54, 1.807) is 29.1 Å². The minimum absolute atomic E-state index is 0.167. The van der Waals surface area contributed by atoms with E-state index in [4.69, 9.17) is 27.7 Å². The van der Waals surface area contributed by atoms with Gasteiger partial charge in [-0.1, -0.05) is 55.2 Å². The van der Waals surface area contributed by atoms with Crippen molar-refractivity contribution < 1.29 is 9.32 Å². The Hall–Kier alpha value is -2.38. The number of carbonyl (C=O) groups excluding carboxylic acids is 1. The van der Waals surface area contributed by atoms with Crippen molar-refractivity contribution in [2.75, 3.05) is 5.32 Å². The quantitative estimate of drug-likeness (QED) is 0.633. The predicted molar refractivity (Wildman–Crippen MR) is 108 cm³/mol. The number of aryl methyl sites for hydroxylation is 1. The average molecular weight is 422 g/mol. The van der Waals surface area contributed by atoms with Gasteiger partial charge in [-0.2, -0.15) is 10.1 Å². The van der Waals surface area contributed by atoms with Crippen LogP contribution < -0.4 is 5.32 Å². The molecule has 0 aliphatic carbocycles. The Labute approximate surface area is 173 Å². The van der Waals surface area contributed by atoms with Gasteiger partial charge in [0.05, 0.1) is 12.7 Å². The number of hydrogen-bond donors (Lipinski definition) is 1. The summed E-state index contributed by atoms with van der Waals surface area (Å²) < 4.78 is 6.88. The van der Waals surface area contributed by atoms with Crippen molar-refractivity contribution in [3.8, 4) is 0 Å². The van der Waals surface area contributed by atoms with Crippen molar-refractivity contribution in [1.82, 2.24) is 19.9 Å². The van der Waals surface area contributed by atoms with Crippen LogP contribution in [-0.2, 0) is 23.2 Å². The van der Waals surface area contributed by atoms with Gasteiger partial charge in [0.1, 0.15) is 5.82 Å². The molecule has 0 fully saturated rings. The van der Waals surface area contributed by atoms with Crippen molar-refractivity contribution in [2.45, 2.75) is 45.6 Å². The standard InChI is InChI=1S/C19H21Cl2N5O2/c1-19(2,3)18-24-17(28-25-18)7-6-16(27)23-15-8-9-22-26(15)11-12-4-5-13(20)10-14(12)21/h4-5,8-10H,6-7,11H2,1-3H3,(H,23,27). The Morgan fingerprint density at radius 3 is 2.71 bits per heavy atom. The third kappa shape index (κ3) is 5.11. The SMILES string of the molecule is CC(C)(C)c1noc(CCC(=O)Nc2ccnn2Cc2ccc(Cl)cc2Cl)n1. The van der Waals surface area contributed by atoms with Crippen LogP contribution in [0.4, 0.5) is 5.82 Å². The zero-order chi connectivity index (χ0) is 20.3. The van der Waals surface area contributed by atoms with Crippen LogP contribution in [0.5, 0.6) is 0 Å². The average Bonchev–Trinajstić information content (AvgIpc) is 3.25. The van der Waals surface area contributed by atoms with Crippen LogP contribution in [0, 0.1) is 0 Å². The van der Waals surface area contributed by atoms with E-state index >= 15 is 0 Å². The van der Waals surface area contributed by atoms with Gasteiger partial charge in [-0.3, -0.25) is 4.79 Å². The smallest absolute Gasteiger partial charge is 0.227 e. The fourth-order valence-electron chi connectivity index (χ4n) is 2.46. The molecule has 0 aliphatic rings. The van der Waals surface area contributed by atoms with Crippen molar-refractivity contribution >= 4 is 34.9 Å². The number of nitrogens with one attached hydrogen (secondary N) is 1. The molecule has 148 valence electrons. The molecule has 9 heteroatoms. The Morgan fingerprint density at radius 1 is 1.25 bits per heavy atom. The van der Waals surface area contributed by atoms with Crippen LogP contribution in [0.1, 0.15) is 44.5 Å². The van der Waals surface area contributed by atoms with Crippen LogP contribution >= 0.6 is 23.2 Å². The van der Waals surface area contributed by atoms with Crippen LogP contribution in [0.2, 0.25) is 10.0 Å². The van der Waals surface area contributed by atoms with Crippen LogP contribution in [0.25, 0.3) is 0 Å². The van der Waals surface area contributed by atoms with E-state index in [-0.39, 0.29) is 17.7 Å². The molecule has 3 rings (SSSR count). The van der Waals surface area contributed by atoms with Gasteiger partial charge in [0.15, 0.2) is 5.82 Å². The topological polar surface area (TPSA) is 85.8 Å². The molecule has 0 aliphatic heterocycles. The second-order valence-corrected chi connectivity index (χ2v) is 8.26. The first-order valence-electron chi connectivity index (χ1n) is 8.81. The molecular weight excluding hydrogens is 401 g/mol. The molecule has 2 heterocycles. The van der Waals surface area contributed by atoms with E-state index in [0.29, 0.717) is 40.5 Å². The van der Waals surface area contributed by atoms with Gasteiger partial charge in [0.25, 0.3) is 0 Å². The van der Waals surface area contributed by atoms with E-state index in [2.05, 4.69) is 20.6 Å². The minimum Gasteiger partial charge on any atom is -0.339 e. The number of rotatable bonds is 6. The van der Waals surface area contributed by atoms with Crippen LogP contribution in [0.3, 0.4) is 0 Å². The van der Waals surface area contributed by atoms with E-state index < -0.39 is 0 Å². The maximum absolute atomic E-state index is 12.3. The zero-order valence-corrected chi connectivity index (χ0v) is 17.4. The summed E-state index contributed by atoms with van der Waals surface area (Å²) in [5.74, 6) is 1.48. The van der Waals surface area contributed by atoms with Gasteiger partial charge in [0, 0.05) is 34.4 Å². The van der Waals surface area contributed by atoms with Gasteiger partial charge in [-0.05, 0) is 17.7 Å². The van der Waals surface area contributed by atoms with Crippen LogP contribution in [0.15, 0.2) is 35.0 Å². The first kappa shape index (κ1) is 20.4. The van der Waals surface area contributed by atoms with Gasteiger partial charge in [-0.25, -0.2) is 4.68 Å². The number of halogens is 2. The molecule has 1 aromatic carbocycles. The second kappa shape index (κ2) is 8.32. The van der Waals surface area contributed by atoms with Crippen molar-refractivity contribution in [1.29, 1.82) is 0 Å². The van der Waals surface area contributed by atoms with E-state index in [1.807, 2.05) is 26.8 Å². The summed E-state index contributed by atoms with van der Waals surface area (Å²) >= 11 is 12.1. The second-order valence-electron chi connectivity index (χ2n) is 7.42. The summed E-state index contributed by atoms with van der Waals surface area (Å²) in [7, 11) is 0. The third-order valence-corrected chi connectivity index (χ3v) is 4.61. The molecule has 0 atom stereocenters. The summed E-state index contributed by atoms with van der Waals surface area (Å²) in [4.78, 5) is 16.7. The summed E-state index contributed by atoms with van der Waals surface area (Å²) in [6.45, 7) is 6.42. The Kier molecular flexibility index (Phi) is 6.05. The van der Waals surface area contributed by atoms with Crippen LogP contribution in [-0.4, -0.2) is 25.8 Å². The molecule has 1 amide bonds. The number of carbonyl (C=O) groups is 1. The third-order valence-electron chi connectivity index (χ3n) is 4.02. The number of aromatic nitrogens is 4. The minimum atomic E-state index is -0.195. The normalized spacial score (nSPS) is 11.6. The highest BCUT2D eigenvalue weighted by molar-refractivity contribution is 6.35. The lowest BCUT2D eigenvalue weighted by Gasteiger charge is -2.11. The molecular formula is C19H21Cl2N5O2. The predicted octanol–water partition coefficient (Wildman–Crippen LogP) is 4.49. The van der Waals surface area contributed by atoms with Crippen molar-refractivity contribution in [3.05, 3.63) is 57.8 Å². The van der Waals surface area contributed by atoms with E-state index in [9.17, 15) is 4.79 Å². The highest BCUT2D eigenvalue weighted by Crippen LogP contribution is 2.23. The first-order chi connectivity index (χ1) is 13.2. The largest absolute Gasteiger partial charge is 0.339 e. The fourth-order valence-corrected chi connectivity index (χ4v) is 2.93. The summed E-state index contributed by atoms with van der Waals surface area (Å²) in [6, 6.07) is 7.00. The van der Waals surface area contributed by atoms with E-state index in [1.165, 1.54) is 0 Å². The molecule has 0 radical (unpaired) electrons. The number of hydrogen-bond acceptors (Lipinski definition) is 5. The number of nitrogens with zero attached hydrogens (tertiary/aromatic N) is 4. The lowest BCUT2D eigenvalue weighted by atomic mass is 9.96. The molecule has 28 heavy (non-hydrogen) atoms. The van der Waals surface area contributed by atoms with Gasteiger partial charge >= 0.3 is 0 Å². The molecule has 3 aromatic rings. The monoisotopic (exact) mass is 421 g/mol. The summed E-state index contributed by atoms with van der Waals surface area (Å²) in [6.07, 6.45) is 2.21. The molecule has 0 spiro atoms. The molecule has 0 saturated heterocycles. The lowest BCUT2D eigenvalue weighted by Crippen LogP contribution is -2.17. The van der Waals surface area contributed by atoms with Gasteiger partial charge in [-0.15, -0.1) is 0 Å².